The van der Waals surface area contributed by atoms with Gasteiger partial charge in [0.25, 0.3) is 5.88 Å². The normalized spacial score (nSPS) is 22.9. The Morgan fingerprint density at radius 1 is 1.32 bits per heavy atom. The van der Waals surface area contributed by atoms with E-state index in [0.717, 1.165) is 11.7 Å². The Hall–Kier alpha value is -1.23. The molecule has 1 fully saturated rings. The fraction of sp³-hybridized carbons (Fsp3) is 0.750. The van der Waals surface area contributed by atoms with Crippen LogP contribution in [0.4, 0.5) is 0 Å². The molecule has 1 saturated heterocycles. The highest BCUT2D eigenvalue weighted by molar-refractivity contribution is 6.99. The predicted octanol–water partition coefficient (Wildman–Crippen LogP) is 2.20. The summed E-state index contributed by atoms with van der Waals surface area (Å²) in [6.07, 6.45) is 1.23. The molecule has 0 bridgehead atoms. The molecule has 19 heavy (non-hydrogen) atoms. The van der Waals surface area contributed by atoms with Gasteiger partial charge in [-0.25, -0.2) is 0 Å². The molecule has 0 atom stereocenters. The summed E-state index contributed by atoms with van der Waals surface area (Å²) in [5.74, 6) is 0.301. The van der Waals surface area contributed by atoms with Crippen LogP contribution >= 0.6 is 11.7 Å². The number of hydrogen-bond acceptors (Lipinski definition) is 7. The van der Waals surface area contributed by atoms with E-state index in [1.807, 2.05) is 33.8 Å². The molecular weight excluding hydrogens is 264 g/mol. The molecular formula is C12H18N4O2S. The highest BCUT2D eigenvalue weighted by Gasteiger charge is 2.46. The lowest BCUT2D eigenvalue weighted by Gasteiger charge is -2.50. The van der Waals surface area contributed by atoms with E-state index in [-0.39, 0.29) is 22.9 Å². The quantitative estimate of drug-likeness (QED) is 0.895. The summed E-state index contributed by atoms with van der Waals surface area (Å²) in [6, 6.07) is 1.97. The maximum Gasteiger partial charge on any atom is 0.264 e. The van der Waals surface area contributed by atoms with Crippen LogP contribution in [-0.2, 0) is 0 Å². The summed E-state index contributed by atoms with van der Waals surface area (Å²) in [7, 11) is 0. The summed E-state index contributed by atoms with van der Waals surface area (Å²) in [4.78, 5) is 0. The molecule has 2 rings (SSSR count). The van der Waals surface area contributed by atoms with E-state index in [0.29, 0.717) is 18.7 Å². The predicted molar refractivity (Wildman–Crippen MR) is 70.1 cm³/mol. The number of nitriles is 1. The van der Waals surface area contributed by atoms with Gasteiger partial charge in [0.15, 0.2) is 0 Å². The SMILES string of the molecule is CC1(C)CC(Oc2nsnc2C#N)CC(C)(C)N1O. The van der Waals surface area contributed by atoms with Crippen molar-refractivity contribution >= 4 is 11.7 Å². The van der Waals surface area contributed by atoms with Gasteiger partial charge in [0.1, 0.15) is 12.2 Å². The fourth-order valence-electron chi connectivity index (χ4n) is 2.75. The molecule has 0 amide bonds. The third kappa shape index (κ3) is 2.71. The van der Waals surface area contributed by atoms with Crippen LogP contribution in [0.15, 0.2) is 0 Å². The minimum Gasteiger partial charge on any atom is -0.472 e. The Balaban J connectivity index is 2.17. The van der Waals surface area contributed by atoms with Crippen molar-refractivity contribution in [1.29, 1.82) is 5.26 Å². The van der Waals surface area contributed by atoms with Crippen molar-refractivity contribution < 1.29 is 9.94 Å². The van der Waals surface area contributed by atoms with Crippen molar-refractivity contribution in [2.75, 3.05) is 0 Å². The Kier molecular flexibility index (Phi) is 3.51. The Bertz CT molecular complexity index is 488. The van der Waals surface area contributed by atoms with Crippen molar-refractivity contribution in [2.24, 2.45) is 0 Å². The van der Waals surface area contributed by atoms with E-state index in [1.165, 1.54) is 5.06 Å². The first-order valence-electron chi connectivity index (χ1n) is 6.15. The molecule has 1 aromatic rings. The summed E-state index contributed by atoms with van der Waals surface area (Å²) in [5.41, 5.74) is -0.544. The first-order valence-corrected chi connectivity index (χ1v) is 6.88. The zero-order valence-electron chi connectivity index (χ0n) is 11.5. The van der Waals surface area contributed by atoms with Crippen LogP contribution in [0.2, 0.25) is 0 Å². The lowest BCUT2D eigenvalue weighted by molar-refractivity contribution is -0.255. The van der Waals surface area contributed by atoms with Gasteiger partial charge in [0.2, 0.25) is 5.69 Å². The van der Waals surface area contributed by atoms with Crippen molar-refractivity contribution in [1.82, 2.24) is 13.8 Å². The van der Waals surface area contributed by atoms with Gasteiger partial charge in [-0.2, -0.15) is 14.7 Å². The first kappa shape index (κ1) is 14.2. The summed E-state index contributed by atoms with van der Waals surface area (Å²) >= 11 is 0.972. The fourth-order valence-corrected chi connectivity index (χ4v) is 3.19. The summed E-state index contributed by atoms with van der Waals surface area (Å²) in [5, 5.41) is 20.5. The molecule has 1 aromatic heterocycles. The smallest absolute Gasteiger partial charge is 0.264 e. The Morgan fingerprint density at radius 2 is 1.89 bits per heavy atom. The maximum atomic E-state index is 10.2. The van der Waals surface area contributed by atoms with E-state index in [9.17, 15) is 5.21 Å². The zero-order valence-corrected chi connectivity index (χ0v) is 12.4. The van der Waals surface area contributed by atoms with Gasteiger partial charge in [-0.1, -0.05) is 0 Å². The molecule has 1 aliphatic rings. The van der Waals surface area contributed by atoms with E-state index in [2.05, 4.69) is 8.75 Å². The minimum atomic E-state index is -0.386. The third-order valence-electron chi connectivity index (χ3n) is 3.44. The topological polar surface area (TPSA) is 82.3 Å². The van der Waals surface area contributed by atoms with Gasteiger partial charge >= 0.3 is 0 Å². The molecule has 1 aliphatic heterocycles. The number of nitrogens with zero attached hydrogens (tertiary/aromatic N) is 4. The zero-order chi connectivity index (χ0) is 14.3. The molecule has 0 spiro atoms. The van der Waals surface area contributed by atoms with Crippen molar-refractivity contribution in [3.63, 3.8) is 0 Å². The lowest BCUT2D eigenvalue weighted by atomic mass is 9.80. The van der Waals surface area contributed by atoms with Crippen molar-refractivity contribution in [3.05, 3.63) is 5.69 Å². The van der Waals surface area contributed by atoms with E-state index in [1.54, 1.807) is 0 Å². The molecule has 0 saturated carbocycles. The average molecular weight is 282 g/mol. The molecule has 1 N–H and O–H groups in total. The Labute approximate surface area is 116 Å². The number of ether oxygens (including phenoxy) is 1. The molecule has 0 radical (unpaired) electrons. The van der Waals surface area contributed by atoms with Crippen LogP contribution in [0.25, 0.3) is 0 Å². The average Bonchev–Trinajstić information content (AvgIpc) is 2.72. The van der Waals surface area contributed by atoms with Gasteiger partial charge in [-0.15, -0.1) is 4.37 Å². The lowest BCUT2D eigenvalue weighted by Crippen LogP contribution is -2.61. The maximum absolute atomic E-state index is 10.2. The monoisotopic (exact) mass is 282 g/mol. The number of hydroxylamine groups is 2. The molecule has 7 heteroatoms. The molecule has 6 nitrogen and oxygen atoms in total. The molecule has 104 valence electrons. The van der Waals surface area contributed by atoms with E-state index >= 15 is 0 Å². The second kappa shape index (κ2) is 4.71. The van der Waals surface area contributed by atoms with Gasteiger partial charge in [-0.3, -0.25) is 0 Å². The number of rotatable bonds is 2. The standard InChI is InChI=1S/C12H18N4O2S/c1-11(2)5-8(6-12(3,4)16(11)17)18-10-9(7-13)14-19-15-10/h8,17H,5-6H2,1-4H3. The molecule has 0 unspecified atom stereocenters. The second-order valence-corrected chi connectivity index (χ2v) is 6.64. The summed E-state index contributed by atoms with van der Waals surface area (Å²) in [6.45, 7) is 7.87. The largest absolute Gasteiger partial charge is 0.472 e. The third-order valence-corrected chi connectivity index (χ3v) is 3.96. The Morgan fingerprint density at radius 3 is 2.42 bits per heavy atom. The van der Waals surface area contributed by atoms with Gasteiger partial charge in [0.05, 0.1) is 11.7 Å². The first-order chi connectivity index (χ1) is 8.76. The minimum absolute atomic E-state index is 0.0931. The van der Waals surface area contributed by atoms with Crippen LogP contribution in [0.5, 0.6) is 5.88 Å². The van der Waals surface area contributed by atoms with Crippen LogP contribution in [0, 0.1) is 11.3 Å². The van der Waals surface area contributed by atoms with Crippen molar-refractivity contribution in [3.8, 4) is 11.9 Å². The molecule has 2 heterocycles. The van der Waals surface area contributed by atoms with Gasteiger partial charge in [0, 0.05) is 23.9 Å². The highest BCUT2D eigenvalue weighted by atomic mass is 32.1. The molecule has 0 aliphatic carbocycles. The highest BCUT2D eigenvalue weighted by Crippen LogP contribution is 2.38. The number of piperidine rings is 1. The molecule has 0 aromatic carbocycles. The van der Waals surface area contributed by atoms with E-state index in [4.69, 9.17) is 10.00 Å². The van der Waals surface area contributed by atoms with E-state index < -0.39 is 0 Å². The summed E-state index contributed by atoms with van der Waals surface area (Å²) < 4.78 is 13.7. The number of aromatic nitrogens is 2. The van der Waals surface area contributed by atoms with Crippen LogP contribution in [-0.4, -0.2) is 36.2 Å². The second-order valence-electron chi connectivity index (χ2n) is 6.11. The number of hydrogen-bond donors (Lipinski definition) is 1. The van der Waals surface area contributed by atoms with Crippen LogP contribution in [0.3, 0.4) is 0 Å². The van der Waals surface area contributed by atoms with Crippen LogP contribution in [0.1, 0.15) is 46.2 Å². The van der Waals surface area contributed by atoms with Crippen molar-refractivity contribution in [2.45, 2.75) is 57.7 Å². The van der Waals surface area contributed by atoms with Gasteiger partial charge in [-0.05, 0) is 27.7 Å². The van der Waals surface area contributed by atoms with Crippen LogP contribution < -0.4 is 4.74 Å². The van der Waals surface area contributed by atoms with Gasteiger partial charge < -0.3 is 9.94 Å².